The van der Waals surface area contributed by atoms with Gasteiger partial charge in [0.05, 0.1) is 6.54 Å². The molecule has 2 N–H and O–H groups in total. The molecular weight excluding hydrogens is 353 g/mol. The van der Waals surface area contributed by atoms with E-state index in [2.05, 4.69) is 31.6 Å². The first-order valence-electron chi connectivity index (χ1n) is 10.1. The summed E-state index contributed by atoms with van der Waals surface area (Å²) in [7, 11) is 0. The van der Waals surface area contributed by atoms with Crippen molar-refractivity contribution in [2.75, 3.05) is 24.5 Å². The zero-order valence-electron chi connectivity index (χ0n) is 16.8. The topological polar surface area (TPSA) is 52.6 Å². The van der Waals surface area contributed by atoms with Gasteiger partial charge < -0.3 is 15.5 Å². The number of guanidine groups is 1. The lowest BCUT2D eigenvalue weighted by Gasteiger charge is -2.28. The fourth-order valence-electron chi connectivity index (χ4n) is 3.37. The van der Waals surface area contributed by atoms with Crippen LogP contribution in [0.5, 0.6) is 0 Å². The molecule has 0 radical (unpaired) electrons. The summed E-state index contributed by atoms with van der Waals surface area (Å²) in [4.78, 5) is 11.5. The summed E-state index contributed by atoms with van der Waals surface area (Å²) in [6.07, 6.45) is 5.68. The van der Waals surface area contributed by atoms with Crippen molar-refractivity contribution < 1.29 is 4.39 Å². The number of halogens is 1. The zero-order chi connectivity index (χ0) is 19.8. The number of nitrogens with zero attached hydrogens (tertiary/aromatic N) is 3. The van der Waals surface area contributed by atoms with Crippen LogP contribution in [0, 0.1) is 12.7 Å². The van der Waals surface area contributed by atoms with Crippen LogP contribution in [-0.2, 0) is 13.1 Å². The molecule has 0 atom stereocenters. The van der Waals surface area contributed by atoms with Gasteiger partial charge in [-0.3, -0.25) is 0 Å². The number of rotatable bonds is 6. The van der Waals surface area contributed by atoms with Crippen molar-refractivity contribution in [3.8, 4) is 0 Å². The Morgan fingerprint density at radius 3 is 2.68 bits per heavy atom. The van der Waals surface area contributed by atoms with E-state index in [1.54, 1.807) is 13.0 Å². The van der Waals surface area contributed by atoms with Gasteiger partial charge in [-0.1, -0.05) is 12.1 Å². The molecule has 0 aliphatic carbocycles. The summed E-state index contributed by atoms with van der Waals surface area (Å²) in [5, 5.41) is 6.65. The summed E-state index contributed by atoms with van der Waals surface area (Å²) in [5.41, 5.74) is 2.82. The van der Waals surface area contributed by atoms with Crippen LogP contribution in [-0.4, -0.2) is 30.6 Å². The molecule has 0 unspecified atom stereocenters. The molecule has 5 nitrogen and oxygen atoms in total. The molecule has 0 bridgehead atoms. The molecule has 1 aromatic heterocycles. The highest BCUT2D eigenvalue weighted by molar-refractivity contribution is 5.79. The molecule has 3 rings (SSSR count). The van der Waals surface area contributed by atoms with Crippen molar-refractivity contribution >= 4 is 11.8 Å². The molecule has 6 heteroatoms. The maximum atomic E-state index is 13.4. The zero-order valence-corrected chi connectivity index (χ0v) is 16.8. The van der Waals surface area contributed by atoms with Gasteiger partial charge in [-0.25, -0.2) is 14.4 Å². The van der Waals surface area contributed by atoms with E-state index in [9.17, 15) is 4.39 Å². The Bertz CT molecular complexity index is 799. The van der Waals surface area contributed by atoms with Gasteiger partial charge in [0, 0.05) is 32.4 Å². The minimum Gasteiger partial charge on any atom is -0.357 e. The fourth-order valence-corrected chi connectivity index (χ4v) is 3.37. The van der Waals surface area contributed by atoms with E-state index in [1.807, 2.05) is 25.3 Å². The molecule has 1 aliphatic rings. The van der Waals surface area contributed by atoms with Gasteiger partial charge in [0.25, 0.3) is 0 Å². The highest BCUT2D eigenvalue weighted by Crippen LogP contribution is 2.18. The summed E-state index contributed by atoms with van der Waals surface area (Å²) in [5.74, 6) is 1.63. The predicted octanol–water partition coefficient (Wildman–Crippen LogP) is 3.77. The van der Waals surface area contributed by atoms with Crippen LogP contribution in [0.1, 0.15) is 42.9 Å². The molecule has 0 spiro atoms. The lowest BCUT2D eigenvalue weighted by Crippen LogP contribution is -2.37. The maximum absolute atomic E-state index is 13.4. The Labute approximate surface area is 167 Å². The number of aromatic nitrogens is 1. The van der Waals surface area contributed by atoms with Gasteiger partial charge in [0.15, 0.2) is 5.96 Å². The minimum atomic E-state index is -0.181. The van der Waals surface area contributed by atoms with Crippen LogP contribution in [0.3, 0.4) is 0 Å². The maximum Gasteiger partial charge on any atom is 0.191 e. The third-order valence-corrected chi connectivity index (χ3v) is 4.94. The predicted molar refractivity (Wildman–Crippen MR) is 113 cm³/mol. The van der Waals surface area contributed by atoms with Gasteiger partial charge in [-0.2, -0.15) is 0 Å². The van der Waals surface area contributed by atoms with Crippen LogP contribution in [0.25, 0.3) is 0 Å². The highest BCUT2D eigenvalue weighted by Gasteiger charge is 2.12. The van der Waals surface area contributed by atoms with Crippen LogP contribution >= 0.6 is 0 Å². The molecule has 28 heavy (non-hydrogen) atoms. The van der Waals surface area contributed by atoms with E-state index < -0.39 is 0 Å². The summed E-state index contributed by atoms with van der Waals surface area (Å²) < 4.78 is 13.4. The molecule has 150 valence electrons. The lowest BCUT2D eigenvalue weighted by molar-refractivity contribution is 0.573. The Morgan fingerprint density at radius 2 is 1.93 bits per heavy atom. The third-order valence-electron chi connectivity index (χ3n) is 4.94. The normalized spacial score (nSPS) is 14.8. The van der Waals surface area contributed by atoms with Crippen molar-refractivity contribution in [3.05, 3.63) is 59.0 Å². The average Bonchev–Trinajstić information content (AvgIpc) is 2.73. The Balaban J connectivity index is 1.61. The number of hydrogen-bond acceptors (Lipinski definition) is 3. The van der Waals surface area contributed by atoms with Crippen molar-refractivity contribution in [1.82, 2.24) is 15.6 Å². The number of hydrogen-bond donors (Lipinski definition) is 2. The third kappa shape index (κ3) is 5.68. The Morgan fingerprint density at radius 1 is 1.11 bits per heavy atom. The van der Waals surface area contributed by atoms with Crippen molar-refractivity contribution in [2.45, 2.75) is 46.2 Å². The Hall–Kier alpha value is -2.63. The molecule has 0 saturated carbocycles. The molecule has 0 amide bonds. The molecule has 1 aliphatic heterocycles. The number of nitrogens with one attached hydrogen (secondary N) is 2. The van der Waals surface area contributed by atoms with Crippen molar-refractivity contribution in [1.29, 1.82) is 0 Å². The van der Waals surface area contributed by atoms with E-state index in [4.69, 9.17) is 0 Å². The van der Waals surface area contributed by atoms with Crippen molar-refractivity contribution in [2.24, 2.45) is 4.99 Å². The van der Waals surface area contributed by atoms with Gasteiger partial charge in [-0.05, 0) is 68.0 Å². The number of piperidine rings is 1. The van der Waals surface area contributed by atoms with E-state index in [-0.39, 0.29) is 5.82 Å². The van der Waals surface area contributed by atoms with E-state index in [0.717, 1.165) is 37.0 Å². The summed E-state index contributed by atoms with van der Waals surface area (Å²) in [6, 6.07) is 9.32. The fraction of sp³-hybridized carbons (Fsp3) is 0.455. The lowest BCUT2D eigenvalue weighted by atomic mass is 10.1. The highest BCUT2D eigenvalue weighted by atomic mass is 19.1. The first-order chi connectivity index (χ1) is 13.7. The van der Waals surface area contributed by atoms with Crippen molar-refractivity contribution in [3.63, 3.8) is 0 Å². The largest absolute Gasteiger partial charge is 0.357 e. The van der Waals surface area contributed by atoms with E-state index >= 15 is 0 Å². The molecule has 1 fully saturated rings. The second-order valence-electron chi connectivity index (χ2n) is 7.20. The monoisotopic (exact) mass is 383 g/mol. The summed E-state index contributed by atoms with van der Waals surface area (Å²) in [6.45, 7) is 7.96. The molecular formula is C22H30FN5. The first-order valence-corrected chi connectivity index (χ1v) is 10.1. The number of aryl methyl sites for hydroxylation is 1. The van der Waals surface area contributed by atoms with Crippen LogP contribution < -0.4 is 15.5 Å². The van der Waals surface area contributed by atoms with E-state index in [1.165, 1.54) is 30.9 Å². The molecule has 1 aromatic carbocycles. The van der Waals surface area contributed by atoms with Crippen LogP contribution in [0.2, 0.25) is 0 Å². The number of aliphatic imine (C=N–C) groups is 1. The molecule has 1 saturated heterocycles. The second kappa shape index (κ2) is 10.1. The minimum absolute atomic E-state index is 0.181. The second-order valence-corrected chi connectivity index (χ2v) is 7.20. The first kappa shape index (κ1) is 20.1. The van der Waals surface area contributed by atoms with Gasteiger partial charge in [0.2, 0.25) is 0 Å². The van der Waals surface area contributed by atoms with Crippen LogP contribution in [0.15, 0.2) is 41.5 Å². The summed E-state index contributed by atoms with van der Waals surface area (Å²) >= 11 is 0. The van der Waals surface area contributed by atoms with Gasteiger partial charge >= 0.3 is 0 Å². The number of benzene rings is 1. The average molecular weight is 384 g/mol. The Kier molecular flexibility index (Phi) is 7.23. The quantitative estimate of drug-likeness (QED) is 0.589. The van der Waals surface area contributed by atoms with E-state index in [0.29, 0.717) is 18.7 Å². The molecule has 2 heterocycles. The van der Waals surface area contributed by atoms with Gasteiger partial charge in [-0.15, -0.1) is 0 Å². The smallest absolute Gasteiger partial charge is 0.191 e. The standard InChI is InChI=1S/C22H30FN5/c1-3-24-22(26-15-18-7-8-20(23)17(2)13-18)27-16-19-9-10-25-21(14-19)28-11-5-4-6-12-28/h7-10,13-14H,3-6,11-12,15-16H2,1-2H3,(H2,24,26,27). The van der Waals surface area contributed by atoms with Crippen LogP contribution in [0.4, 0.5) is 10.2 Å². The number of pyridine rings is 1. The SMILES string of the molecule is CCNC(=NCc1ccc(F)c(C)c1)NCc1ccnc(N2CCCCC2)c1. The number of anilines is 1. The molecule has 2 aromatic rings. The van der Waals surface area contributed by atoms with Gasteiger partial charge in [0.1, 0.15) is 11.6 Å².